The monoisotopic (exact) mass is 417 g/mol. The number of hydrogen-bond donors (Lipinski definition) is 2. The molecule has 1 saturated heterocycles. The van der Waals surface area contributed by atoms with Crippen molar-refractivity contribution in [3.63, 3.8) is 0 Å². The summed E-state index contributed by atoms with van der Waals surface area (Å²) in [4.78, 5) is 16.5. The predicted octanol–water partition coefficient (Wildman–Crippen LogP) is 4.44. The second kappa shape index (κ2) is 8.30. The number of nitrogens with one attached hydrogen (secondary N) is 2. The highest BCUT2D eigenvalue weighted by atomic mass is 15.2. The van der Waals surface area contributed by atoms with Crippen molar-refractivity contribution >= 4 is 34.1 Å². The Bertz CT molecular complexity index is 1090. The van der Waals surface area contributed by atoms with Gasteiger partial charge in [0.1, 0.15) is 11.5 Å². The van der Waals surface area contributed by atoms with Gasteiger partial charge in [0, 0.05) is 49.5 Å². The normalized spacial score (nSPS) is 17.4. The minimum atomic E-state index is 0.488. The summed E-state index contributed by atoms with van der Waals surface area (Å²) in [6.45, 7) is 12.5. The first-order chi connectivity index (χ1) is 15.1. The topological polar surface area (TPSA) is 70.9 Å². The molecule has 7 nitrogen and oxygen atoms in total. The van der Waals surface area contributed by atoms with E-state index in [0.29, 0.717) is 12.0 Å². The van der Waals surface area contributed by atoms with Gasteiger partial charge >= 0.3 is 0 Å². The van der Waals surface area contributed by atoms with E-state index >= 15 is 0 Å². The maximum Gasteiger partial charge on any atom is 0.230 e. The van der Waals surface area contributed by atoms with E-state index in [1.165, 1.54) is 36.9 Å². The van der Waals surface area contributed by atoms with Gasteiger partial charge in [0.25, 0.3) is 0 Å². The van der Waals surface area contributed by atoms with Gasteiger partial charge in [-0.3, -0.25) is 0 Å². The van der Waals surface area contributed by atoms with Crippen molar-refractivity contribution in [2.75, 3.05) is 36.4 Å². The van der Waals surface area contributed by atoms with Crippen LogP contribution in [0.1, 0.15) is 49.9 Å². The summed E-state index contributed by atoms with van der Waals surface area (Å²) >= 11 is 0. The largest absolute Gasteiger partial charge is 0.368 e. The molecule has 2 N–H and O–H groups in total. The fourth-order valence-corrected chi connectivity index (χ4v) is 5.02. The molecule has 5 rings (SSSR count). The zero-order valence-corrected chi connectivity index (χ0v) is 18.5. The Morgan fingerprint density at radius 2 is 1.90 bits per heavy atom. The molecule has 1 saturated carbocycles. The van der Waals surface area contributed by atoms with Crippen LogP contribution >= 0.6 is 0 Å². The van der Waals surface area contributed by atoms with Crippen molar-refractivity contribution in [3.05, 3.63) is 42.4 Å². The second-order valence-corrected chi connectivity index (χ2v) is 8.76. The highest BCUT2D eigenvalue weighted by Gasteiger charge is 2.25. The van der Waals surface area contributed by atoms with Gasteiger partial charge in [-0.05, 0) is 50.0 Å². The smallest absolute Gasteiger partial charge is 0.230 e. The molecule has 2 fully saturated rings. The molecule has 0 unspecified atom stereocenters. The van der Waals surface area contributed by atoms with Crippen LogP contribution in [0.5, 0.6) is 0 Å². The van der Waals surface area contributed by atoms with Gasteiger partial charge in [-0.25, -0.2) is 9.97 Å². The molecule has 0 bridgehead atoms. The number of allylic oxidation sites excluding steroid dienone is 1. The van der Waals surface area contributed by atoms with Gasteiger partial charge in [0.05, 0.1) is 11.9 Å². The van der Waals surface area contributed by atoms with Crippen LogP contribution in [-0.4, -0.2) is 45.7 Å². The van der Waals surface area contributed by atoms with E-state index in [1.807, 2.05) is 18.5 Å². The number of nitrogens with zero attached hydrogens (tertiary/aromatic N) is 5. The summed E-state index contributed by atoms with van der Waals surface area (Å²) in [6, 6.07) is 4.61. The first kappa shape index (κ1) is 20.0. The standard InChI is InChI=1S/C24H31N7/c1-16(2)22-17(3)20-15-27-24(29-23(20)31(22)18-6-4-5-7-18)28-21-9-8-19(14-26-21)30-12-10-25-11-13-30/h8-9,14-15,18,25H,1,4-7,10-13H2,2-3H3,(H,26,27,28,29). The third-order valence-corrected chi connectivity index (χ3v) is 6.56. The van der Waals surface area contributed by atoms with Gasteiger partial charge in [0.2, 0.25) is 5.95 Å². The number of fused-ring (bicyclic) bond motifs is 1. The van der Waals surface area contributed by atoms with E-state index in [1.54, 1.807) is 0 Å². The molecule has 162 valence electrons. The van der Waals surface area contributed by atoms with Crippen LogP contribution in [0.2, 0.25) is 0 Å². The van der Waals surface area contributed by atoms with E-state index in [4.69, 9.17) is 4.98 Å². The van der Waals surface area contributed by atoms with Crippen LogP contribution in [0.25, 0.3) is 16.6 Å². The highest BCUT2D eigenvalue weighted by molar-refractivity contribution is 5.87. The molecular weight excluding hydrogens is 386 g/mol. The maximum atomic E-state index is 4.93. The summed E-state index contributed by atoms with van der Waals surface area (Å²) in [5.41, 5.74) is 5.67. The van der Waals surface area contributed by atoms with Crippen LogP contribution < -0.4 is 15.5 Å². The Morgan fingerprint density at radius 1 is 1.13 bits per heavy atom. The third-order valence-electron chi connectivity index (χ3n) is 6.56. The summed E-state index contributed by atoms with van der Waals surface area (Å²) < 4.78 is 2.41. The average Bonchev–Trinajstić information content (AvgIpc) is 3.41. The van der Waals surface area contributed by atoms with E-state index < -0.39 is 0 Å². The van der Waals surface area contributed by atoms with Crippen molar-refractivity contribution in [2.45, 2.75) is 45.6 Å². The lowest BCUT2D eigenvalue weighted by molar-refractivity contribution is 0.527. The Morgan fingerprint density at radius 3 is 2.58 bits per heavy atom. The lowest BCUT2D eigenvalue weighted by Crippen LogP contribution is -2.43. The quantitative estimate of drug-likeness (QED) is 0.640. The Kier molecular flexibility index (Phi) is 5.36. The first-order valence-corrected chi connectivity index (χ1v) is 11.3. The molecule has 4 heterocycles. The molecule has 1 aliphatic heterocycles. The second-order valence-electron chi connectivity index (χ2n) is 8.76. The van der Waals surface area contributed by atoms with Gasteiger partial charge in [-0.2, -0.15) is 4.98 Å². The molecular formula is C24H31N7. The Labute approximate surface area is 183 Å². The molecule has 2 aliphatic rings. The number of aryl methyl sites for hydroxylation is 1. The highest BCUT2D eigenvalue weighted by Crippen LogP contribution is 2.38. The Balaban J connectivity index is 1.45. The molecule has 0 atom stereocenters. The zero-order valence-electron chi connectivity index (χ0n) is 18.5. The van der Waals surface area contributed by atoms with Crippen molar-refractivity contribution in [1.29, 1.82) is 0 Å². The molecule has 3 aromatic rings. The van der Waals surface area contributed by atoms with Gasteiger partial charge in [-0.15, -0.1) is 0 Å². The summed E-state index contributed by atoms with van der Waals surface area (Å²) in [5.74, 6) is 1.34. The number of piperazine rings is 1. The minimum absolute atomic E-state index is 0.488. The van der Waals surface area contributed by atoms with Crippen molar-refractivity contribution in [2.24, 2.45) is 0 Å². The lowest BCUT2D eigenvalue weighted by Gasteiger charge is -2.29. The fraction of sp³-hybridized carbons (Fsp3) is 0.458. The predicted molar refractivity (Wildman–Crippen MR) is 127 cm³/mol. The van der Waals surface area contributed by atoms with E-state index in [9.17, 15) is 0 Å². The van der Waals surface area contributed by atoms with Gasteiger partial charge in [0.15, 0.2) is 0 Å². The molecule has 7 heteroatoms. The molecule has 0 aromatic carbocycles. The Hall–Kier alpha value is -2.93. The van der Waals surface area contributed by atoms with E-state index in [-0.39, 0.29) is 0 Å². The van der Waals surface area contributed by atoms with Crippen LogP contribution in [0.4, 0.5) is 17.5 Å². The summed E-state index contributed by atoms with van der Waals surface area (Å²) in [7, 11) is 0. The van der Waals surface area contributed by atoms with Gasteiger partial charge < -0.3 is 20.1 Å². The number of rotatable bonds is 5. The van der Waals surface area contributed by atoms with Crippen LogP contribution in [-0.2, 0) is 0 Å². The maximum absolute atomic E-state index is 4.93. The molecule has 0 spiro atoms. The number of hydrogen-bond acceptors (Lipinski definition) is 6. The summed E-state index contributed by atoms with van der Waals surface area (Å²) in [6.07, 6.45) is 8.82. The number of aromatic nitrogens is 4. The molecule has 31 heavy (non-hydrogen) atoms. The molecule has 3 aromatic heterocycles. The SMILES string of the molecule is C=C(C)c1c(C)c2cnc(Nc3ccc(N4CCNCC4)cn3)nc2n1C1CCCC1. The summed E-state index contributed by atoms with van der Waals surface area (Å²) in [5, 5.41) is 7.79. The van der Waals surface area contributed by atoms with Crippen molar-refractivity contribution in [3.8, 4) is 0 Å². The lowest BCUT2D eigenvalue weighted by atomic mass is 10.1. The van der Waals surface area contributed by atoms with Gasteiger partial charge in [-0.1, -0.05) is 19.4 Å². The fourth-order valence-electron chi connectivity index (χ4n) is 5.02. The molecule has 0 radical (unpaired) electrons. The first-order valence-electron chi connectivity index (χ1n) is 11.3. The average molecular weight is 418 g/mol. The zero-order chi connectivity index (χ0) is 21.4. The van der Waals surface area contributed by atoms with E-state index in [2.05, 4.69) is 56.6 Å². The van der Waals surface area contributed by atoms with Crippen LogP contribution in [0.3, 0.4) is 0 Å². The van der Waals surface area contributed by atoms with E-state index in [0.717, 1.165) is 54.3 Å². The number of anilines is 3. The molecule has 1 aliphatic carbocycles. The van der Waals surface area contributed by atoms with Crippen LogP contribution in [0, 0.1) is 6.92 Å². The van der Waals surface area contributed by atoms with Crippen molar-refractivity contribution < 1.29 is 0 Å². The van der Waals surface area contributed by atoms with Crippen molar-refractivity contribution in [1.82, 2.24) is 24.8 Å². The number of pyridine rings is 1. The third kappa shape index (κ3) is 3.78. The van der Waals surface area contributed by atoms with Crippen LogP contribution in [0.15, 0.2) is 31.1 Å². The molecule has 0 amide bonds. The minimum Gasteiger partial charge on any atom is -0.368 e.